The smallest absolute Gasteiger partial charge is 0.242 e. The summed E-state index contributed by atoms with van der Waals surface area (Å²) in [6.07, 6.45) is 3.95. The summed E-state index contributed by atoms with van der Waals surface area (Å²) in [5.74, 6) is 0.177. The first-order chi connectivity index (χ1) is 7.17. The van der Waals surface area contributed by atoms with E-state index in [1.165, 1.54) is 0 Å². The topological polar surface area (TPSA) is 52.6 Å². The Kier molecular flexibility index (Phi) is 2.98. The van der Waals surface area contributed by atoms with Gasteiger partial charge in [0.15, 0.2) is 0 Å². The van der Waals surface area contributed by atoms with Gasteiger partial charge in [-0.15, -0.1) is 0 Å². The van der Waals surface area contributed by atoms with Crippen LogP contribution in [0.15, 0.2) is 0 Å². The second kappa shape index (κ2) is 4.10. The van der Waals surface area contributed by atoms with Gasteiger partial charge in [-0.05, 0) is 39.2 Å². The number of nitrogens with zero attached hydrogens (tertiary/aromatic N) is 1. The number of likely N-dealkylation sites (tertiary alicyclic amines) is 1. The van der Waals surface area contributed by atoms with Crippen LogP contribution in [-0.2, 0) is 4.79 Å². The molecule has 2 saturated heterocycles. The van der Waals surface area contributed by atoms with Gasteiger partial charge in [0.25, 0.3) is 0 Å². The Morgan fingerprint density at radius 3 is 3.00 bits per heavy atom. The molecule has 2 aliphatic heterocycles. The van der Waals surface area contributed by atoms with Crippen molar-refractivity contribution in [2.45, 2.75) is 44.2 Å². The van der Waals surface area contributed by atoms with Gasteiger partial charge in [-0.3, -0.25) is 4.79 Å². The summed E-state index contributed by atoms with van der Waals surface area (Å²) in [6, 6.07) is 0.0525. The number of carbonyl (C=O) groups is 1. The van der Waals surface area contributed by atoms with Crippen LogP contribution in [0.2, 0.25) is 0 Å². The molecule has 0 aliphatic carbocycles. The summed E-state index contributed by atoms with van der Waals surface area (Å²) in [7, 11) is 0. The van der Waals surface area contributed by atoms with Gasteiger partial charge in [0.05, 0.1) is 18.2 Å². The van der Waals surface area contributed by atoms with E-state index >= 15 is 0 Å². The van der Waals surface area contributed by atoms with Crippen molar-refractivity contribution in [2.75, 3.05) is 19.7 Å². The van der Waals surface area contributed by atoms with E-state index in [1.807, 2.05) is 11.8 Å². The molecule has 4 heteroatoms. The highest BCUT2D eigenvalue weighted by molar-refractivity contribution is 5.86. The van der Waals surface area contributed by atoms with Gasteiger partial charge in [0, 0.05) is 6.54 Å². The zero-order valence-corrected chi connectivity index (χ0v) is 9.33. The number of nitrogens with one attached hydrogen (secondary N) is 1. The molecule has 15 heavy (non-hydrogen) atoms. The maximum atomic E-state index is 12.3. The van der Waals surface area contributed by atoms with Gasteiger partial charge < -0.3 is 15.3 Å². The van der Waals surface area contributed by atoms with E-state index in [0.717, 1.165) is 38.8 Å². The lowest BCUT2D eigenvalue weighted by atomic mass is 9.98. The number of hydrogen-bond acceptors (Lipinski definition) is 3. The molecule has 1 amide bonds. The van der Waals surface area contributed by atoms with Gasteiger partial charge in [-0.1, -0.05) is 0 Å². The Balaban J connectivity index is 2.06. The molecule has 0 aromatic rings. The molecular weight excluding hydrogens is 192 g/mol. The minimum atomic E-state index is -0.377. The van der Waals surface area contributed by atoms with Crippen molar-refractivity contribution >= 4 is 5.91 Å². The van der Waals surface area contributed by atoms with Crippen molar-refractivity contribution < 1.29 is 9.90 Å². The summed E-state index contributed by atoms with van der Waals surface area (Å²) >= 11 is 0. The minimum absolute atomic E-state index is 0.0525. The van der Waals surface area contributed by atoms with E-state index < -0.39 is 0 Å². The molecule has 2 aliphatic rings. The second-order valence-corrected chi connectivity index (χ2v) is 4.84. The zero-order chi connectivity index (χ0) is 10.9. The first-order valence-corrected chi connectivity index (χ1v) is 5.84. The molecular formula is C11H20N2O2. The maximum Gasteiger partial charge on any atom is 0.242 e. The first-order valence-electron chi connectivity index (χ1n) is 5.84. The molecule has 0 radical (unpaired) electrons. The van der Waals surface area contributed by atoms with E-state index in [1.54, 1.807) is 0 Å². The van der Waals surface area contributed by atoms with Gasteiger partial charge in [0.2, 0.25) is 5.91 Å². The lowest BCUT2D eigenvalue weighted by molar-refractivity contribution is -0.138. The fourth-order valence-electron chi connectivity index (χ4n) is 2.69. The number of aliphatic hydroxyl groups is 1. The average Bonchev–Trinajstić information content (AvgIpc) is 2.85. The molecule has 0 spiro atoms. The molecule has 2 rings (SSSR count). The van der Waals surface area contributed by atoms with Crippen LogP contribution in [0.1, 0.15) is 32.6 Å². The Morgan fingerprint density at radius 2 is 2.40 bits per heavy atom. The van der Waals surface area contributed by atoms with Crippen LogP contribution in [0.25, 0.3) is 0 Å². The van der Waals surface area contributed by atoms with Crippen molar-refractivity contribution in [3.63, 3.8) is 0 Å². The molecule has 2 heterocycles. The van der Waals surface area contributed by atoms with E-state index in [4.69, 9.17) is 0 Å². The van der Waals surface area contributed by atoms with Crippen molar-refractivity contribution in [3.05, 3.63) is 0 Å². The van der Waals surface area contributed by atoms with Crippen LogP contribution in [0, 0.1) is 0 Å². The molecule has 2 fully saturated rings. The summed E-state index contributed by atoms with van der Waals surface area (Å²) in [5, 5.41) is 12.5. The molecule has 0 bridgehead atoms. The molecule has 86 valence electrons. The Morgan fingerprint density at radius 1 is 1.60 bits per heavy atom. The molecule has 2 atom stereocenters. The third-order valence-corrected chi connectivity index (χ3v) is 3.69. The van der Waals surface area contributed by atoms with Crippen LogP contribution >= 0.6 is 0 Å². The highest BCUT2D eigenvalue weighted by Gasteiger charge is 2.42. The highest BCUT2D eigenvalue weighted by atomic mass is 16.3. The number of aliphatic hydroxyl groups excluding tert-OH is 1. The third kappa shape index (κ3) is 1.88. The summed E-state index contributed by atoms with van der Waals surface area (Å²) in [6.45, 7) is 3.82. The highest BCUT2D eigenvalue weighted by Crippen LogP contribution is 2.26. The lowest BCUT2D eigenvalue weighted by Gasteiger charge is -2.32. The molecule has 0 aromatic carbocycles. The van der Waals surface area contributed by atoms with Crippen molar-refractivity contribution in [1.29, 1.82) is 0 Å². The predicted molar refractivity (Wildman–Crippen MR) is 57.5 cm³/mol. The van der Waals surface area contributed by atoms with Crippen LogP contribution in [0.4, 0.5) is 0 Å². The maximum absolute atomic E-state index is 12.3. The zero-order valence-electron chi connectivity index (χ0n) is 9.33. The fourth-order valence-corrected chi connectivity index (χ4v) is 2.69. The van der Waals surface area contributed by atoms with Gasteiger partial charge in [-0.25, -0.2) is 0 Å². The first kappa shape index (κ1) is 10.9. The Hall–Kier alpha value is -0.610. The molecule has 0 aromatic heterocycles. The van der Waals surface area contributed by atoms with Gasteiger partial charge >= 0.3 is 0 Å². The Bertz CT molecular complexity index is 249. The van der Waals surface area contributed by atoms with Crippen LogP contribution < -0.4 is 5.32 Å². The molecule has 2 N–H and O–H groups in total. The monoisotopic (exact) mass is 212 g/mol. The van der Waals surface area contributed by atoms with Crippen LogP contribution in [-0.4, -0.2) is 47.2 Å². The predicted octanol–water partition coefficient (Wildman–Crippen LogP) is 0.112. The van der Waals surface area contributed by atoms with Crippen molar-refractivity contribution in [3.8, 4) is 0 Å². The normalized spacial score (nSPS) is 36.1. The molecule has 4 nitrogen and oxygen atoms in total. The standard InChI is InChI=1S/C11H20N2O2/c1-11(5-3-6-12-11)10(15)13-7-2-4-9(13)8-14/h9,12,14H,2-8H2,1H3/t9-,11?/m0/s1. The second-order valence-electron chi connectivity index (χ2n) is 4.84. The number of hydrogen-bond donors (Lipinski definition) is 2. The third-order valence-electron chi connectivity index (χ3n) is 3.69. The van der Waals surface area contributed by atoms with E-state index in [0.29, 0.717) is 0 Å². The van der Waals surface area contributed by atoms with E-state index in [2.05, 4.69) is 5.32 Å². The van der Waals surface area contributed by atoms with Gasteiger partial charge in [0.1, 0.15) is 0 Å². The van der Waals surface area contributed by atoms with Crippen LogP contribution in [0.3, 0.4) is 0 Å². The van der Waals surface area contributed by atoms with E-state index in [-0.39, 0.29) is 24.1 Å². The van der Waals surface area contributed by atoms with Gasteiger partial charge in [-0.2, -0.15) is 0 Å². The van der Waals surface area contributed by atoms with Crippen LogP contribution in [0.5, 0.6) is 0 Å². The number of carbonyl (C=O) groups excluding carboxylic acids is 1. The summed E-state index contributed by atoms with van der Waals surface area (Å²) in [5.41, 5.74) is -0.377. The van der Waals surface area contributed by atoms with E-state index in [9.17, 15) is 9.90 Å². The largest absolute Gasteiger partial charge is 0.394 e. The minimum Gasteiger partial charge on any atom is -0.394 e. The SMILES string of the molecule is CC1(C(=O)N2CCC[C@H]2CO)CCCN1. The van der Waals surface area contributed by atoms with Crippen molar-refractivity contribution in [1.82, 2.24) is 10.2 Å². The number of rotatable bonds is 2. The van der Waals surface area contributed by atoms with Crippen molar-refractivity contribution in [2.24, 2.45) is 0 Å². The average molecular weight is 212 g/mol. The Labute approximate surface area is 90.6 Å². The number of amides is 1. The lowest BCUT2D eigenvalue weighted by Crippen LogP contribution is -2.54. The summed E-state index contributed by atoms with van der Waals surface area (Å²) in [4.78, 5) is 14.2. The molecule has 1 unspecified atom stereocenters. The quantitative estimate of drug-likeness (QED) is 0.683. The summed E-state index contributed by atoms with van der Waals surface area (Å²) < 4.78 is 0. The molecule has 0 saturated carbocycles. The fraction of sp³-hybridized carbons (Fsp3) is 0.909.